The van der Waals surface area contributed by atoms with E-state index in [0.717, 1.165) is 22.5 Å². The Balaban J connectivity index is 1.86. The Kier molecular flexibility index (Phi) is 4.67. The van der Waals surface area contributed by atoms with Gasteiger partial charge in [-0.3, -0.25) is 9.48 Å². The largest absolute Gasteiger partial charge is 0.329 e. The van der Waals surface area contributed by atoms with Crippen molar-refractivity contribution in [3.8, 4) is 11.3 Å². The van der Waals surface area contributed by atoms with Crippen molar-refractivity contribution in [1.29, 1.82) is 0 Å². The van der Waals surface area contributed by atoms with Crippen molar-refractivity contribution in [1.82, 2.24) is 15.0 Å². The van der Waals surface area contributed by atoms with E-state index in [1.54, 1.807) is 4.68 Å². The fraction of sp³-hybridized carbons (Fsp3) is 0.167. The number of aromatic nitrogens is 3. The molecule has 0 spiro atoms. The van der Waals surface area contributed by atoms with Crippen LogP contribution in [0, 0.1) is 6.92 Å². The Labute approximate surface area is 140 Å². The number of para-hydroxylation sites is 1. The zero-order valence-corrected chi connectivity index (χ0v) is 13.4. The molecule has 0 atom stereocenters. The molecule has 0 fully saturated rings. The maximum Gasteiger partial charge on any atom is 0.255 e. The van der Waals surface area contributed by atoms with E-state index < -0.39 is 0 Å². The van der Waals surface area contributed by atoms with Crippen molar-refractivity contribution in [2.24, 2.45) is 5.73 Å². The lowest BCUT2D eigenvalue weighted by molar-refractivity contribution is 0.102. The maximum absolute atomic E-state index is 12.6. The molecule has 0 radical (unpaired) electrons. The summed E-state index contributed by atoms with van der Waals surface area (Å²) in [5.41, 5.74) is 9.38. The molecule has 0 saturated heterocycles. The molecule has 6 nitrogen and oxygen atoms in total. The number of nitrogens with two attached hydrogens (primary N) is 1. The average molecular weight is 321 g/mol. The molecular formula is C18H19N5O. The molecule has 0 aliphatic heterocycles. The molecule has 24 heavy (non-hydrogen) atoms. The lowest BCUT2D eigenvalue weighted by atomic mass is 10.0. The smallest absolute Gasteiger partial charge is 0.255 e. The summed E-state index contributed by atoms with van der Waals surface area (Å²) in [7, 11) is 0. The zero-order valence-electron chi connectivity index (χ0n) is 13.4. The van der Waals surface area contributed by atoms with Crippen LogP contribution in [0.2, 0.25) is 0 Å². The Morgan fingerprint density at radius 3 is 2.75 bits per heavy atom. The van der Waals surface area contributed by atoms with Gasteiger partial charge in [-0.2, -0.15) is 0 Å². The number of carbonyl (C=O) groups excluding carboxylic acids is 1. The van der Waals surface area contributed by atoms with Gasteiger partial charge in [-0.1, -0.05) is 35.5 Å². The molecule has 3 N–H and O–H groups in total. The highest BCUT2D eigenvalue weighted by Crippen LogP contribution is 2.21. The SMILES string of the molecule is Cc1ccc(-c2cn(CCN)nn2)cc1C(=O)Nc1ccccc1. The Morgan fingerprint density at radius 2 is 2.00 bits per heavy atom. The molecule has 122 valence electrons. The molecule has 3 rings (SSSR count). The van der Waals surface area contributed by atoms with Gasteiger partial charge in [0.05, 0.1) is 12.7 Å². The monoisotopic (exact) mass is 321 g/mol. The fourth-order valence-electron chi connectivity index (χ4n) is 2.42. The number of benzene rings is 2. The lowest BCUT2D eigenvalue weighted by Crippen LogP contribution is -2.13. The van der Waals surface area contributed by atoms with Gasteiger partial charge in [-0.05, 0) is 30.7 Å². The highest BCUT2D eigenvalue weighted by atomic mass is 16.1. The van der Waals surface area contributed by atoms with E-state index in [-0.39, 0.29) is 5.91 Å². The molecule has 1 heterocycles. The Morgan fingerprint density at radius 1 is 1.21 bits per heavy atom. The number of amides is 1. The zero-order chi connectivity index (χ0) is 16.9. The lowest BCUT2D eigenvalue weighted by Gasteiger charge is -2.09. The summed E-state index contributed by atoms with van der Waals surface area (Å²) in [5.74, 6) is -0.144. The summed E-state index contributed by atoms with van der Waals surface area (Å²) < 4.78 is 1.69. The predicted molar refractivity (Wildman–Crippen MR) is 93.6 cm³/mol. The highest BCUT2D eigenvalue weighted by molar-refractivity contribution is 6.05. The topological polar surface area (TPSA) is 85.8 Å². The molecule has 1 aromatic heterocycles. The third kappa shape index (κ3) is 3.49. The number of anilines is 1. The van der Waals surface area contributed by atoms with Crippen LogP contribution in [0.3, 0.4) is 0 Å². The summed E-state index contributed by atoms with van der Waals surface area (Å²) >= 11 is 0. The van der Waals surface area contributed by atoms with Gasteiger partial charge in [0.15, 0.2) is 0 Å². The van der Waals surface area contributed by atoms with Gasteiger partial charge in [-0.15, -0.1) is 5.10 Å². The fourth-order valence-corrected chi connectivity index (χ4v) is 2.42. The summed E-state index contributed by atoms with van der Waals surface area (Å²) in [4.78, 5) is 12.6. The first kappa shape index (κ1) is 15.9. The van der Waals surface area contributed by atoms with Crippen LogP contribution in [0.25, 0.3) is 11.3 Å². The van der Waals surface area contributed by atoms with E-state index in [4.69, 9.17) is 5.73 Å². The second-order valence-electron chi connectivity index (χ2n) is 5.51. The Bertz CT molecular complexity index is 842. The van der Waals surface area contributed by atoms with Gasteiger partial charge >= 0.3 is 0 Å². The van der Waals surface area contributed by atoms with E-state index >= 15 is 0 Å². The maximum atomic E-state index is 12.6. The van der Waals surface area contributed by atoms with Gasteiger partial charge < -0.3 is 11.1 Å². The standard InChI is InChI=1S/C18H19N5O/c1-13-7-8-14(17-12-23(10-9-19)22-21-17)11-16(13)18(24)20-15-5-3-2-4-6-15/h2-8,11-12H,9-10,19H2,1H3,(H,20,24). The molecule has 1 amide bonds. The molecule has 0 unspecified atom stereocenters. The van der Waals surface area contributed by atoms with E-state index in [9.17, 15) is 4.79 Å². The van der Waals surface area contributed by atoms with Gasteiger partial charge in [0.2, 0.25) is 0 Å². The summed E-state index contributed by atoms with van der Waals surface area (Å²) in [6.45, 7) is 3.02. The molecule has 0 aliphatic carbocycles. The minimum absolute atomic E-state index is 0.144. The molecule has 2 aromatic carbocycles. The molecule has 0 bridgehead atoms. The number of hydrogen-bond acceptors (Lipinski definition) is 4. The Hall–Kier alpha value is -2.99. The van der Waals surface area contributed by atoms with Crippen LogP contribution < -0.4 is 11.1 Å². The average Bonchev–Trinajstić information content (AvgIpc) is 3.05. The highest BCUT2D eigenvalue weighted by Gasteiger charge is 2.12. The van der Waals surface area contributed by atoms with Crippen molar-refractivity contribution in [2.75, 3.05) is 11.9 Å². The van der Waals surface area contributed by atoms with Crippen LogP contribution in [0.15, 0.2) is 54.7 Å². The van der Waals surface area contributed by atoms with Crippen LogP contribution >= 0.6 is 0 Å². The number of nitrogens with zero attached hydrogens (tertiary/aromatic N) is 3. The molecule has 6 heteroatoms. The first-order valence-electron chi connectivity index (χ1n) is 7.75. The predicted octanol–water partition coefficient (Wildman–Crippen LogP) is 2.46. The summed E-state index contributed by atoms with van der Waals surface area (Å²) in [6, 6.07) is 15.1. The van der Waals surface area contributed by atoms with Gasteiger partial charge in [-0.25, -0.2) is 0 Å². The van der Waals surface area contributed by atoms with Crippen molar-refractivity contribution >= 4 is 11.6 Å². The minimum atomic E-state index is -0.144. The first-order valence-corrected chi connectivity index (χ1v) is 7.75. The van der Waals surface area contributed by atoms with Crippen LogP contribution in [0.4, 0.5) is 5.69 Å². The number of aryl methyl sites for hydroxylation is 1. The van der Waals surface area contributed by atoms with E-state index in [0.29, 0.717) is 18.7 Å². The third-order valence-corrected chi connectivity index (χ3v) is 3.71. The molecule has 0 aliphatic rings. The number of hydrogen-bond donors (Lipinski definition) is 2. The summed E-state index contributed by atoms with van der Waals surface area (Å²) in [5, 5.41) is 11.1. The summed E-state index contributed by atoms with van der Waals surface area (Å²) in [6.07, 6.45) is 1.83. The third-order valence-electron chi connectivity index (χ3n) is 3.71. The van der Waals surface area contributed by atoms with Crippen LogP contribution in [0.5, 0.6) is 0 Å². The normalized spacial score (nSPS) is 10.6. The molecule has 0 saturated carbocycles. The second-order valence-corrected chi connectivity index (χ2v) is 5.51. The van der Waals surface area contributed by atoms with E-state index in [1.165, 1.54) is 0 Å². The number of rotatable bonds is 5. The van der Waals surface area contributed by atoms with E-state index in [1.807, 2.05) is 61.7 Å². The quantitative estimate of drug-likeness (QED) is 0.756. The van der Waals surface area contributed by atoms with Crippen molar-refractivity contribution in [3.05, 3.63) is 65.9 Å². The minimum Gasteiger partial charge on any atom is -0.329 e. The van der Waals surface area contributed by atoms with Crippen LogP contribution in [0.1, 0.15) is 15.9 Å². The molecule has 3 aromatic rings. The van der Waals surface area contributed by atoms with Gasteiger partial charge in [0.25, 0.3) is 5.91 Å². The van der Waals surface area contributed by atoms with Crippen LogP contribution in [-0.2, 0) is 6.54 Å². The second kappa shape index (κ2) is 7.06. The van der Waals surface area contributed by atoms with Crippen molar-refractivity contribution < 1.29 is 4.79 Å². The first-order chi connectivity index (χ1) is 11.7. The van der Waals surface area contributed by atoms with Crippen LogP contribution in [-0.4, -0.2) is 27.4 Å². The van der Waals surface area contributed by atoms with Crippen molar-refractivity contribution in [2.45, 2.75) is 13.5 Å². The van der Waals surface area contributed by atoms with E-state index in [2.05, 4.69) is 15.6 Å². The number of nitrogens with one attached hydrogen (secondary N) is 1. The van der Waals surface area contributed by atoms with Crippen molar-refractivity contribution in [3.63, 3.8) is 0 Å². The van der Waals surface area contributed by atoms with Gasteiger partial charge in [0.1, 0.15) is 5.69 Å². The van der Waals surface area contributed by atoms with Gasteiger partial charge in [0, 0.05) is 23.4 Å². The molecular weight excluding hydrogens is 302 g/mol. The number of carbonyl (C=O) groups is 1.